The lowest BCUT2D eigenvalue weighted by Gasteiger charge is -2.23. The highest BCUT2D eigenvalue weighted by Crippen LogP contribution is 2.26. The Balaban J connectivity index is 1.97. The zero-order chi connectivity index (χ0) is 17.9. The summed E-state index contributed by atoms with van der Waals surface area (Å²) in [5.74, 6) is -0.507. The van der Waals surface area contributed by atoms with E-state index in [1.165, 1.54) is 12.1 Å². The van der Waals surface area contributed by atoms with Gasteiger partial charge in [0, 0.05) is 25.8 Å². The number of urea groups is 1. The lowest BCUT2D eigenvalue weighted by atomic mass is 10.2. The number of alkyl halides is 3. The molecule has 1 saturated heterocycles. The molecule has 2 N–H and O–H groups in total. The van der Waals surface area contributed by atoms with Crippen molar-refractivity contribution < 1.29 is 27.5 Å². The van der Waals surface area contributed by atoms with Crippen molar-refractivity contribution in [2.45, 2.75) is 25.1 Å². The number of rotatable bonds is 4. The van der Waals surface area contributed by atoms with Crippen LogP contribution in [0.25, 0.3) is 0 Å². The van der Waals surface area contributed by atoms with E-state index >= 15 is 0 Å². The lowest BCUT2D eigenvalue weighted by Crippen LogP contribution is -2.43. The summed E-state index contributed by atoms with van der Waals surface area (Å²) in [6, 6.07) is 3.27. The number of halogens is 4. The van der Waals surface area contributed by atoms with Crippen molar-refractivity contribution in [1.29, 1.82) is 0 Å². The first-order chi connectivity index (χ1) is 11.2. The molecular weight excluding hydrogens is 330 g/mol. The van der Waals surface area contributed by atoms with Crippen molar-refractivity contribution in [3.8, 4) is 0 Å². The van der Waals surface area contributed by atoms with Crippen LogP contribution in [-0.4, -0.2) is 55.0 Å². The van der Waals surface area contributed by atoms with E-state index in [2.05, 4.69) is 5.32 Å². The molecule has 1 atom stereocenters. The molecule has 1 heterocycles. The fourth-order valence-electron chi connectivity index (χ4n) is 2.46. The first-order valence-corrected chi connectivity index (χ1v) is 7.50. The molecule has 1 unspecified atom stereocenters. The van der Waals surface area contributed by atoms with Crippen LogP contribution in [0.15, 0.2) is 18.2 Å². The molecule has 2 rings (SSSR count). The predicted octanol–water partition coefficient (Wildman–Crippen LogP) is 2.81. The van der Waals surface area contributed by atoms with Gasteiger partial charge in [0.15, 0.2) is 6.10 Å². The molecule has 0 spiro atoms. The number of carbonyl (C=O) groups is 1. The quantitative estimate of drug-likeness (QED) is 0.822. The summed E-state index contributed by atoms with van der Waals surface area (Å²) in [6.45, 7) is 0.616. The van der Waals surface area contributed by atoms with E-state index in [-0.39, 0.29) is 5.69 Å². The summed E-state index contributed by atoms with van der Waals surface area (Å²) in [5.41, 5.74) is 0.570. The zero-order valence-electron chi connectivity index (χ0n) is 13.1. The van der Waals surface area contributed by atoms with Gasteiger partial charge in [0.1, 0.15) is 5.82 Å². The van der Waals surface area contributed by atoms with Crippen LogP contribution in [0.2, 0.25) is 0 Å². The molecule has 1 aromatic carbocycles. The Morgan fingerprint density at radius 1 is 1.38 bits per heavy atom. The van der Waals surface area contributed by atoms with Gasteiger partial charge in [0.2, 0.25) is 0 Å². The van der Waals surface area contributed by atoms with Crippen LogP contribution >= 0.6 is 0 Å². The van der Waals surface area contributed by atoms with Crippen molar-refractivity contribution in [2.24, 2.45) is 0 Å². The monoisotopic (exact) mass is 349 g/mol. The first kappa shape index (κ1) is 18.3. The second kappa shape index (κ2) is 7.25. The highest BCUT2D eigenvalue weighted by Gasteiger charge is 2.39. The molecular formula is C15H19F4N3O2. The zero-order valence-corrected chi connectivity index (χ0v) is 13.1. The molecule has 24 heavy (non-hydrogen) atoms. The van der Waals surface area contributed by atoms with Crippen LogP contribution in [0.1, 0.15) is 12.8 Å². The van der Waals surface area contributed by atoms with Gasteiger partial charge in [-0.3, -0.25) is 0 Å². The van der Waals surface area contributed by atoms with Crippen LogP contribution in [0.3, 0.4) is 0 Å². The Morgan fingerprint density at radius 3 is 2.54 bits per heavy atom. The molecule has 1 aliphatic heterocycles. The second-order valence-electron chi connectivity index (χ2n) is 5.73. The summed E-state index contributed by atoms with van der Waals surface area (Å²) in [5, 5.41) is 11.3. The minimum atomic E-state index is -4.81. The molecule has 1 aliphatic rings. The van der Waals surface area contributed by atoms with Gasteiger partial charge in [0.25, 0.3) is 0 Å². The average Bonchev–Trinajstić information content (AvgIpc) is 3.00. The summed E-state index contributed by atoms with van der Waals surface area (Å²) >= 11 is 0. The number of benzene rings is 1. The van der Waals surface area contributed by atoms with Gasteiger partial charge >= 0.3 is 12.2 Å². The van der Waals surface area contributed by atoms with E-state index in [4.69, 9.17) is 5.11 Å². The molecule has 5 nitrogen and oxygen atoms in total. The van der Waals surface area contributed by atoms with E-state index in [1.54, 1.807) is 0 Å². The summed E-state index contributed by atoms with van der Waals surface area (Å²) < 4.78 is 51.0. The Bertz CT molecular complexity index is 589. The van der Waals surface area contributed by atoms with Crippen LogP contribution in [0.5, 0.6) is 0 Å². The van der Waals surface area contributed by atoms with E-state index in [9.17, 15) is 22.4 Å². The Kier molecular flexibility index (Phi) is 5.53. The van der Waals surface area contributed by atoms with Crippen molar-refractivity contribution >= 4 is 17.4 Å². The predicted molar refractivity (Wildman–Crippen MR) is 81.6 cm³/mol. The number of amides is 2. The van der Waals surface area contributed by atoms with Crippen molar-refractivity contribution in [1.82, 2.24) is 4.90 Å². The van der Waals surface area contributed by atoms with Crippen LogP contribution < -0.4 is 10.2 Å². The highest BCUT2D eigenvalue weighted by molar-refractivity contribution is 5.89. The Morgan fingerprint density at radius 2 is 2.00 bits per heavy atom. The summed E-state index contributed by atoms with van der Waals surface area (Å²) in [4.78, 5) is 14.4. The smallest absolute Gasteiger partial charge is 0.382 e. The van der Waals surface area contributed by atoms with Crippen molar-refractivity contribution in [3.63, 3.8) is 0 Å². The highest BCUT2D eigenvalue weighted by atomic mass is 19.4. The van der Waals surface area contributed by atoms with Gasteiger partial charge in [-0.2, -0.15) is 13.2 Å². The molecule has 0 bridgehead atoms. The number of aliphatic hydroxyl groups is 1. The number of nitrogens with zero attached hydrogens (tertiary/aromatic N) is 2. The minimum Gasteiger partial charge on any atom is -0.382 e. The van der Waals surface area contributed by atoms with E-state index < -0.39 is 30.7 Å². The maximum atomic E-state index is 14.1. The topological polar surface area (TPSA) is 55.8 Å². The molecule has 134 valence electrons. The van der Waals surface area contributed by atoms with Gasteiger partial charge in [0.05, 0.1) is 12.2 Å². The number of likely N-dealkylation sites (N-methyl/N-ethyl adjacent to an activating group) is 1. The SMILES string of the molecule is CN(CC(O)C(F)(F)F)C(=O)Nc1ccc(N2CCCC2)c(F)c1. The third-order valence-electron chi connectivity index (χ3n) is 3.82. The largest absolute Gasteiger partial charge is 0.416 e. The van der Waals surface area contributed by atoms with E-state index in [0.29, 0.717) is 10.6 Å². The number of anilines is 2. The van der Waals surface area contributed by atoms with Crippen molar-refractivity contribution in [3.05, 3.63) is 24.0 Å². The van der Waals surface area contributed by atoms with Crippen LogP contribution in [0.4, 0.5) is 33.7 Å². The van der Waals surface area contributed by atoms with Gasteiger partial charge in [-0.1, -0.05) is 0 Å². The Hall–Kier alpha value is -2.03. The maximum absolute atomic E-state index is 14.1. The van der Waals surface area contributed by atoms with Gasteiger partial charge in [-0.25, -0.2) is 9.18 Å². The minimum absolute atomic E-state index is 0.133. The van der Waals surface area contributed by atoms with Crippen molar-refractivity contribution in [2.75, 3.05) is 36.9 Å². The van der Waals surface area contributed by atoms with Gasteiger partial charge < -0.3 is 20.2 Å². The number of aliphatic hydroxyl groups excluding tert-OH is 1. The van der Waals surface area contributed by atoms with Crippen LogP contribution in [-0.2, 0) is 0 Å². The number of nitrogens with one attached hydrogen (secondary N) is 1. The fraction of sp³-hybridized carbons (Fsp3) is 0.533. The number of hydrogen-bond acceptors (Lipinski definition) is 3. The van der Waals surface area contributed by atoms with E-state index in [0.717, 1.165) is 39.0 Å². The molecule has 0 radical (unpaired) electrons. The van der Waals surface area contributed by atoms with E-state index in [1.807, 2.05) is 4.90 Å². The standard InChI is InChI=1S/C15H19F4N3O2/c1-21(9-13(23)15(17,18)19)14(24)20-10-4-5-12(11(16)8-10)22-6-2-3-7-22/h4-5,8,13,23H,2-3,6-7,9H2,1H3,(H,20,24). The molecule has 0 aromatic heterocycles. The number of hydrogen-bond donors (Lipinski definition) is 2. The second-order valence-corrected chi connectivity index (χ2v) is 5.73. The molecule has 2 amide bonds. The summed E-state index contributed by atoms with van der Waals surface area (Å²) in [7, 11) is 1.11. The molecule has 0 aliphatic carbocycles. The maximum Gasteiger partial charge on any atom is 0.416 e. The third-order valence-corrected chi connectivity index (χ3v) is 3.82. The van der Waals surface area contributed by atoms with Crippen LogP contribution in [0, 0.1) is 5.82 Å². The average molecular weight is 349 g/mol. The third kappa shape index (κ3) is 4.50. The molecule has 9 heteroatoms. The molecule has 0 saturated carbocycles. The Labute approximate surface area is 136 Å². The molecule has 1 aromatic rings. The fourth-order valence-corrected chi connectivity index (χ4v) is 2.46. The van der Waals surface area contributed by atoms with Gasteiger partial charge in [-0.05, 0) is 31.0 Å². The summed E-state index contributed by atoms with van der Waals surface area (Å²) in [6.07, 6.45) is -5.46. The van der Waals surface area contributed by atoms with Gasteiger partial charge in [-0.15, -0.1) is 0 Å². The molecule has 1 fully saturated rings. The number of carbonyl (C=O) groups excluding carboxylic acids is 1. The lowest BCUT2D eigenvalue weighted by molar-refractivity contribution is -0.205. The normalized spacial score (nSPS) is 16.2. The first-order valence-electron chi connectivity index (χ1n) is 7.50.